The highest BCUT2D eigenvalue weighted by Gasteiger charge is 2.19. The molecule has 3 rings (SSSR count). The number of carbonyl (C=O) groups is 1. The van der Waals surface area contributed by atoms with E-state index in [1.807, 2.05) is 30.3 Å². The number of benzene rings is 1. The lowest BCUT2D eigenvalue weighted by atomic mass is 10.00. The molecule has 0 bridgehead atoms. The standard InChI is InChI=1S/C20H25NO4/c22-20(9-8-17-10-12-24-15-17)19-13-18(25-21-19)7-4-11-23-14-16-5-2-1-3-6-16/h1-3,5-6,13,17H,4,7-12,14-15H2. The summed E-state index contributed by atoms with van der Waals surface area (Å²) in [6.07, 6.45) is 4.01. The molecule has 1 saturated heterocycles. The zero-order valence-corrected chi connectivity index (χ0v) is 14.5. The molecule has 1 aromatic heterocycles. The van der Waals surface area contributed by atoms with Crippen molar-refractivity contribution in [3.05, 3.63) is 53.4 Å². The summed E-state index contributed by atoms with van der Waals surface area (Å²) >= 11 is 0. The summed E-state index contributed by atoms with van der Waals surface area (Å²) in [4.78, 5) is 12.2. The van der Waals surface area contributed by atoms with Crippen LogP contribution in [0.1, 0.15) is 47.5 Å². The number of carbonyl (C=O) groups excluding carboxylic acids is 1. The minimum absolute atomic E-state index is 0.0576. The Labute approximate surface area is 148 Å². The van der Waals surface area contributed by atoms with Gasteiger partial charge in [0.1, 0.15) is 11.5 Å². The van der Waals surface area contributed by atoms with E-state index in [0.717, 1.165) is 44.7 Å². The third-order valence-electron chi connectivity index (χ3n) is 4.47. The SMILES string of the molecule is O=C(CCC1CCOC1)c1cc(CCCOCc2ccccc2)on1. The van der Waals surface area contributed by atoms with Crippen molar-refractivity contribution in [2.75, 3.05) is 19.8 Å². The van der Waals surface area contributed by atoms with Crippen molar-refractivity contribution in [2.24, 2.45) is 5.92 Å². The number of hydrogen-bond donors (Lipinski definition) is 0. The second-order valence-corrected chi connectivity index (χ2v) is 6.51. The van der Waals surface area contributed by atoms with Crippen LogP contribution in [0.25, 0.3) is 0 Å². The second-order valence-electron chi connectivity index (χ2n) is 6.51. The third kappa shape index (κ3) is 5.80. The third-order valence-corrected chi connectivity index (χ3v) is 4.47. The number of ketones is 1. The van der Waals surface area contributed by atoms with E-state index in [9.17, 15) is 4.79 Å². The van der Waals surface area contributed by atoms with E-state index in [-0.39, 0.29) is 5.78 Å². The van der Waals surface area contributed by atoms with Gasteiger partial charge in [-0.1, -0.05) is 35.5 Å². The molecule has 1 unspecified atom stereocenters. The predicted molar refractivity (Wildman–Crippen MR) is 93.4 cm³/mol. The molecule has 0 radical (unpaired) electrons. The molecule has 5 nitrogen and oxygen atoms in total. The number of aryl methyl sites for hydroxylation is 1. The summed E-state index contributed by atoms with van der Waals surface area (Å²) in [6.45, 7) is 2.87. The van der Waals surface area contributed by atoms with Gasteiger partial charge < -0.3 is 14.0 Å². The molecule has 1 fully saturated rings. The van der Waals surface area contributed by atoms with Gasteiger partial charge in [0.25, 0.3) is 0 Å². The van der Waals surface area contributed by atoms with E-state index in [2.05, 4.69) is 5.16 Å². The van der Waals surface area contributed by atoms with Gasteiger partial charge in [0.15, 0.2) is 5.78 Å². The van der Waals surface area contributed by atoms with E-state index in [1.165, 1.54) is 5.56 Å². The first-order valence-electron chi connectivity index (χ1n) is 8.99. The summed E-state index contributed by atoms with van der Waals surface area (Å²) in [5.74, 6) is 1.31. The molecular formula is C20H25NO4. The van der Waals surface area contributed by atoms with Gasteiger partial charge in [0.2, 0.25) is 0 Å². The molecule has 1 aromatic carbocycles. The molecule has 2 aromatic rings. The van der Waals surface area contributed by atoms with Crippen LogP contribution in [-0.2, 0) is 22.5 Å². The van der Waals surface area contributed by atoms with Crippen LogP contribution >= 0.6 is 0 Å². The molecular weight excluding hydrogens is 318 g/mol. The summed E-state index contributed by atoms with van der Waals surface area (Å²) < 4.78 is 16.3. The molecule has 1 aliphatic heterocycles. The Kier molecular flexibility index (Phi) is 6.77. The second kappa shape index (κ2) is 9.49. The van der Waals surface area contributed by atoms with Crippen molar-refractivity contribution in [2.45, 2.75) is 38.7 Å². The number of aromatic nitrogens is 1. The van der Waals surface area contributed by atoms with Crippen LogP contribution in [0.4, 0.5) is 0 Å². The average Bonchev–Trinajstić information content (AvgIpc) is 3.32. The Balaban J connectivity index is 1.33. The molecule has 0 amide bonds. The minimum Gasteiger partial charge on any atom is -0.381 e. The quantitative estimate of drug-likeness (QED) is 0.485. The lowest BCUT2D eigenvalue weighted by molar-refractivity contribution is 0.0962. The first kappa shape index (κ1) is 17.8. The van der Waals surface area contributed by atoms with Crippen LogP contribution in [0.2, 0.25) is 0 Å². The van der Waals surface area contributed by atoms with Crippen molar-refractivity contribution in [1.29, 1.82) is 0 Å². The molecule has 1 aliphatic rings. The lowest BCUT2D eigenvalue weighted by Gasteiger charge is -2.04. The molecule has 5 heteroatoms. The fourth-order valence-electron chi connectivity index (χ4n) is 2.95. The normalized spacial score (nSPS) is 17.0. The largest absolute Gasteiger partial charge is 0.381 e. The maximum Gasteiger partial charge on any atom is 0.184 e. The molecule has 0 spiro atoms. The molecule has 2 heterocycles. The summed E-state index contributed by atoms with van der Waals surface area (Å²) in [5, 5.41) is 3.91. The summed E-state index contributed by atoms with van der Waals surface area (Å²) in [7, 11) is 0. The fraction of sp³-hybridized carbons (Fsp3) is 0.500. The van der Waals surface area contributed by atoms with Crippen molar-refractivity contribution in [1.82, 2.24) is 5.16 Å². The number of Topliss-reactive ketones (excluding diaryl/α,β-unsaturated/α-hetero) is 1. The van der Waals surface area contributed by atoms with Gasteiger partial charge in [0.05, 0.1) is 6.61 Å². The molecule has 1 atom stereocenters. The van der Waals surface area contributed by atoms with E-state index < -0.39 is 0 Å². The van der Waals surface area contributed by atoms with Gasteiger partial charge in [0, 0.05) is 38.7 Å². The van der Waals surface area contributed by atoms with Crippen molar-refractivity contribution >= 4 is 5.78 Å². The van der Waals surface area contributed by atoms with Crippen LogP contribution in [-0.4, -0.2) is 30.8 Å². The van der Waals surface area contributed by atoms with E-state index >= 15 is 0 Å². The summed E-state index contributed by atoms with van der Waals surface area (Å²) in [6, 6.07) is 11.9. The Bertz CT molecular complexity index is 647. The van der Waals surface area contributed by atoms with Gasteiger partial charge in [-0.2, -0.15) is 0 Å². The number of ether oxygens (including phenoxy) is 2. The van der Waals surface area contributed by atoms with Gasteiger partial charge >= 0.3 is 0 Å². The van der Waals surface area contributed by atoms with E-state index in [0.29, 0.717) is 31.2 Å². The predicted octanol–water partition coefficient (Wildman–Crippen LogP) is 3.82. The van der Waals surface area contributed by atoms with Gasteiger partial charge in [-0.15, -0.1) is 0 Å². The van der Waals surface area contributed by atoms with Crippen LogP contribution in [0.3, 0.4) is 0 Å². The van der Waals surface area contributed by atoms with Gasteiger partial charge in [-0.25, -0.2) is 0 Å². The Morgan fingerprint density at radius 2 is 2.16 bits per heavy atom. The van der Waals surface area contributed by atoms with Gasteiger partial charge in [-0.3, -0.25) is 4.79 Å². The van der Waals surface area contributed by atoms with E-state index in [4.69, 9.17) is 14.0 Å². The van der Waals surface area contributed by atoms with Gasteiger partial charge in [-0.05, 0) is 30.7 Å². The highest BCUT2D eigenvalue weighted by Crippen LogP contribution is 2.19. The van der Waals surface area contributed by atoms with Crippen LogP contribution in [0, 0.1) is 5.92 Å². The molecule has 25 heavy (non-hydrogen) atoms. The van der Waals surface area contributed by atoms with Crippen LogP contribution < -0.4 is 0 Å². The van der Waals surface area contributed by atoms with E-state index in [1.54, 1.807) is 6.07 Å². The van der Waals surface area contributed by atoms with Crippen molar-refractivity contribution in [3.63, 3.8) is 0 Å². The molecule has 134 valence electrons. The Hall–Kier alpha value is -1.98. The lowest BCUT2D eigenvalue weighted by Crippen LogP contribution is -2.05. The van der Waals surface area contributed by atoms with Crippen LogP contribution in [0.5, 0.6) is 0 Å². The van der Waals surface area contributed by atoms with Crippen LogP contribution in [0.15, 0.2) is 40.9 Å². The summed E-state index contributed by atoms with van der Waals surface area (Å²) in [5.41, 5.74) is 1.61. The maximum absolute atomic E-state index is 12.2. The fourth-order valence-corrected chi connectivity index (χ4v) is 2.95. The minimum atomic E-state index is 0.0576. The molecule has 0 saturated carbocycles. The number of nitrogens with zero attached hydrogens (tertiary/aromatic N) is 1. The zero-order valence-electron chi connectivity index (χ0n) is 14.5. The Morgan fingerprint density at radius 3 is 2.96 bits per heavy atom. The van der Waals surface area contributed by atoms with Crippen molar-refractivity contribution in [3.8, 4) is 0 Å². The van der Waals surface area contributed by atoms with Crippen molar-refractivity contribution < 1.29 is 18.8 Å². The maximum atomic E-state index is 12.2. The topological polar surface area (TPSA) is 61.6 Å². The first-order valence-corrected chi connectivity index (χ1v) is 8.99. The first-order chi connectivity index (χ1) is 12.3. The highest BCUT2D eigenvalue weighted by molar-refractivity contribution is 5.94. The highest BCUT2D eigenvalue weighted by atomic mass is 16.5. The zero-order chi connectivity index (χ0) is 17.3. The molecule has 0 aliphatic carbocycles. The average molecular weight is 343 g/mol. The smallest absolute Gasteiger partial charge is 0.184 e. The molecule has 0 N–H and O–H groups in total. The Morgan fingerprint density at radius 1 is 1.28 bits per heavy atom. The number of hydrogen-bond acceptors (Lipinski definition) is 5. The number of rotatable bonds is 10. The monoisotopic (exact) mass is 343 g/mol.